The summed E-state index contributed by atoms with van der Waals surface area (Å²) in [7, 11) is 0. The van der Waals surface area contributed by atoms with Crippen LogP contribution in [0.4, 0.5) is 5.69 Å². The molecule has 5 nitrogen and oxygen atoms in total. The Kier molecular flexibility index (Phi) is 4.96. The Morgan fingerprint density at radius 3 is 2.43 bits per heavy atom. The Balaban J connectivity index is 2.02. The van der Waals surface area contributed by atoms with Crippen LogP contribution in [0.3, 0.4) is 0 Å². The van der Waals surface area contributed by atoms with E-state index in [1.807, 2.05) is 18.2 Å². The van der Waals surface area contributed by atoms with Crippen LogP contribution in [-0.4, -0.2) is 29.2 Å². The first-order chi connectivity index (χ1) is 10.0. The molecule has 2 N–H and O–H groups in total. The molecule has 1 amide bonds. The van der Waals surface area contributed by atoms with Gasteiger partial charge in [-0.25, -0.2) is 4.79 Å². The Bertz CT molecular complexity index is 541. The number of anilines is 1. The largest absolute Gasteiger partial charge is 0.479 e. The molecule has 2 atom stereocenters. The first-order valence-electron chi connectivity index (χ1n) is 7.36. The van der Waals surface area contributed by atoms with Gasteiger partial charge in [0, 0.05) is 5.69 Å². The van der Waals surface area contributed by atoms with E-state index in [9.17, 15) is 9.59 Å². The van der Waals surface area contributed by atoms with Crippen LogP contribution in [0.2, 0.25) is 0 Å². The lowest BCUT2D eigenvalue weighted by Crippen LogP contribution is -2.30. The molecule has 0 bridgehead atoms. The molecule has 1 aliphatic heterocycles. The van der Waals surface area contributed by atoms with Gasteiger partial charge >= 0.3 is 5.97 Å². The number of carboxylic acid groups (broad SMARTS) is 1. The molecule has 0 aliphatic carbocycles. The molecule has 0 radical (unpaired) electrons. The van der Waals surface area contributed by atoms with E-state index in [0.717, 1.165) is 18.5 Å². The number of hydrogen-bond acceptors (Lipinski definition) is 3. The minimum atomic E-state index is -1.01. The molecule has 0 saturated carbocycles. The maximum absolute atomic E-state index is 12.1. The summed E-state index contributed by atoms with van der Waals surface area (Å²) in [6, 6.07) is 5.86. The highest BCUT2D eigenvalue weighted by molar-refractivity contribution is 5.94. The van der Waals surface area contributed by atoms with E-state index < -0.39 is 18.2 Å². The highest BCUT2D eigenvalue weighted by Crippen LogP contribution is 2.22. The molecular weight excluding hydrogens is 270 g/mol. The topological polar surface area (TPSA) is 75.6 Å². The van der Waals surface area contributed by atoms with Gasteiger partial charge < -0.3 is 15.2 Å². The van der Waals surface area contributed by atoms with E-state index in [-0.39, 0.29) is 5.91 Å². The van der Waals surface area contributed by atoms with Crippen molar-refractivity contribution in [2.24, 2.45) is 0 Å². The Morgan fingerprint density at radius 1 is 1.19 bits per heavy atom. The van der Waals surface area contributed by atoms with Gasteiger partial charge in [0.1, 0.15) is 6.10 Å². The minimum Gasteiger partial charge on any atom is -0.479 e. The Labute approximate surface area is 124 Å². The number of rotatable bonds is 5. The molecule has 0 spiro atoms. The van der Waals surface area contributed by atoms with Crippen molar-refractivity contribution in [3.8, 4) is 0 Å². The molecule has 1 heterocycles. The van der Waals surface area contributed by atoms with Crippen LogP contribution in [0.15, 0.2) is 18.2 Å². The van der Waals surface area contributed by atoms with Gasteiger partial charge in [0.15, 0.2) is 6.10 Å². The van der Waals surface area contributed by atoms with Crippen molar-refractivity contribution in [2.75, 3.05) is 5.32 Å². The minimum absolute atomic E-state index is 0.273. The molecule has 114 valence electrons. The summed E-state index contributed by atoms with van der Waals surface area (Å²) in [6.45, 7) is 4.18. The van der Waals surface area contributed by atoms with Crippen LogP contribution in [0.1, 0.15) is 37.8 Å². The quantitative estimate of drug-likeness (QED) is 0.873. The summed E-state index contributed by atoms with van der Waals surface area (Å²) in [4.78, 5) is 22.9. The van der Waals surface area contributed by atoms with Gasteiger partial charge in [0.25, 0.3) is 5.91 Å². The smallest absolute Gasteiger partial charge is 0.332 e. The summed E-state index contributed by atoms with van der Waals surface area (Å²) in [6.07, 6.45) is 1.15. The number of nitrogens with one attached hydrogen (secondary N) is 1. The summed E-state index contributed by atoms with van der Waals surface area (Å²) in [5, 5.41) is 11.7. The van der Waals surface area contributed by atoms with Gasteiger partial charge in [-0.15, -0.1) is 0 Å². The van der Waals surface area contributed by atoms with E-state index in [1.165, 1.54) is 11.1 Å². The average Bonchev–Trinajstić information content (AvgIpc) is 2.97. The SMILES string of the molecule is CCc1ccc(NC(=O)[C@@H]2CC[C@H](C(=O)O)O2)cc1CC. The highest BCUT2D eigenvalue weighted by atomic mass is 16.5. The van der Waals surface area contributed by atoms with E-state index in [4.69, 9.17) is 9.84 Å². The van der Waals surface area contributed by atoms with Crippen molar-refractivity contribution in [3.63, 3.8) is 0 Å². The second-order valence-corrected chi connectivity index (χ2v) is 5.21. The van der Waals surface area contributed by atoms with Crippen molar-refractivity contribution in [1.29, 1.82) is 0 Å². The molecule has 1 fully saturated rings. The lowest BCUT2D eigenvalue weighted by Gasteiger charge is -2.13. The first kappa shape index (κ1) is 15.5. The second kappa shape index (κ2) is 6.72. The molecule has 1 aromatic carbocycles. The third kappa shape index (κ3) is 3.61. The summed E-state index contributed by atoms with van der Waals surface area (Å²) < 4.78 is 5.25. The first-order valence-corrected chi connectivity index (χ1v) is 7.36. The lowest BCUT2D eigenvalue weighted by molar-refractivity contribution is -0.150. The van der Waals surface area contributed by atoms with Gasteiger partial charge in [-0.3, -0.25) is 4.79 Å². The van der Waals surface area contributed by atoms with Crippen LogP contribution >= 0.6 is 0 Å². The van der Waals surface area contributed by atoms with Crippen LogP contribution in [0.5, 0.6) is 0 Å². The van der Waals surface area contributed by atoms with Crippen molar-refractivity contribution in [1.82, 2.24) is 0 Å². The molecule has 0 unspecified atom stereocenters. The van der Waals surface area contributed by atoms with E-state index in [1.54, 1.807) is 0 Å². The van der Waals surface area contributed by atoms with Crippen molar-refractivity contribution in [2.45, 2.75) is 51.7 Å². The normalized spacial score (nSPS) is 21.2. The lowest BCUT2D eigenvalue weighted by atomic mass is 10.0. The number of carbonyl (C=O) groups excluding carboxylic acids is 1. The fourth-order valence-corrected chi connectivity index (χ4v) is 2.61. The zero-order chi connectivity index (χ0) is 15.4. The molecule has 1 saturated heterocycles. The molecule has 2 rings (SSSR count). The van der Waals surface area contributed by atoms with Gasteiger partial charge in [-0.2, -0.15) is 0 Å². The van der Waals surface area contributed by atoms with Gasteiger partial charge in [0.2, 0.25) is 0 Å². The molecule has 1 aliphatic rings. The van der Waals surface area contributed by atoms with Gasteiger partial charge in [-0.1, -0.05) is 19.9 Å². The number of ether oxygens (including phenoxy) is 1. The monoisotopic (exact) mass is 291 g/mol. The number of benzene rings is 1. The number of hydrogen-bond donors (Lipinski definition) is 2. The molecule has 0 aromatic heterocycles. The Morgan fingerprint density at radius 2 is 1.86 bits per heavy atom. The predicted molar refractivity (Wildman–Crippen MR) is 79.4 cm³/mol. The number of aliphatic carboxylic acids is 1. The number of carboxylic acids is 1. The molecule has 21 heavy (non-hydrogen) atoms. The molecule has 5 heteroatoms. The van der Waals surface area contributed by atoms with Crippen molar-refractivity contribution in [3.05, 3.63) is 29.3 Å². The van der Waals surface area contributed by atoms with E-state index >= 15 is 0 Å². The summed E-state index contributed by atoms with van der Waals surface area (Å²) in [5.41, 5.74) is 3.22. The van der Waals surface area contributed by atoms with Crippen LogP contribution in [0.25, 0.3) is 0 Å². The summed E-state index contributed by atoms with van der Waals surface area (Å²) in [5.74, 6) is -1.28. The highest BCUT2D eigenvalue weighted by Gasteiger charge is 2.34. The standard InChI is InChI=1S/C16H21NO4/c1-3-10-5-6-12(9-11(10)4-2)17-15(18)13-7-8-14(21-13)16(19)20/h5-6,9,13-14H,3-4,7-8H2,1-2H3,(H,17,18)(H,19,20)/t13-,14+/m0/s1. The van der Waals surface area contributed by atoms with Crippen LogP contribution in [-0.2, 0) is 27.2 Å². The third-order valence-corrected chi connectivity index (χ3v) is 3.82. The molecule has 1 aromatic rings. The fraction of sp³-hybridized carbons (Fsp3) is 0.500. The van der Waals surface area contributed by atoms with Crippen molar-refractivity contribution < 1.29 is 19.4 Å². The maximum Gasteiger partial charge on any atom is 0.332 e. The zero-order valence-corrected chi connectivity index (χ0v) is 12.4. The fourth-order valence-electron chi connectivity index (χ4n) is 2.61. The molecular formula is C16H21NO4. The Hall–Kier alpha value is -1.88. The number of amides is 1. The second-order valence-electron chi connectivity index (χ2n) is 5.21. The average molecular weight is 291 g/mol. The van der Waals surface area contributed by atoms with E-state index in [2.05, 4.69) is 19.2 Å². The van der Waals surface area contributed by atoms with Gasteiger partial charge in [0.05, 0.1) is 0 Å². The predicted octanol–water partition coefficient (Wildman–Crippen LogP) is 2.38. The zero-order valence-electron chi connectivity index (χ0n) is 12.4. The number of aryl methyl sites for hydroxylation is 2. The number of carbonyl (C=O) groups is 2. The van der Waals surface area contributed by atoms with Gasteiger partial charge in [-0.05, 0) is 48.9 Å². The third-order valence-electron chi connectivity index (χ3n) is 3.82. The summed E-state index contributed by atoms with van der Waals surface area (Å²) >= 11 is 0. The van der Waals surface area contributed by atoms with Crippen molar-refractivity contribution >= 4 is 17.6 Å². The van der Waals surface area contributed by atoms with Crippen LogP contribution in [0, 0.1) is 0 Å². The maximum atomic E-state index is 12.1. The van der Waals surface area contributed by atoms with Crippen LogP contribution < -0.4 is 5.32 Å². The van der Waals surface area contributed by atoms with E-state index in [0.29, 0.717) is 12.8 Å².